The monoisotopic (exact) mass is 420 g/mol. The quantitative estimate of drug-likeness (QED) is 0.187. The van der Waals surface area contributed by atoms with Crippen molar-refractivity contribution in [3.05, 3.63) is 27.9 Å². The first-order valence-electron chi connectivity index (χ1n) is 11.0. The molecule has 2 aromatic rings. The van der Waals surface area contributed by atoms with Gasteiger partial charge in [-0.3, -0.25) is 10.1 Å². The molecule has 8 heteroatoms. The summed E-state index contributed by atoms with van der Waals surface area (Å²) in [7, 11) is 0. The first-order chi connectivity index (χ1) is 14.5. The van der Waals surface area contributed by atoms with Crippen LogP contribution in [-0.4, -0.2) is 27.8 Å². The van der Waals surface area contributed by atoms with Crippen LogP contribution in [0.5, 0.6) is 5.75 Å². The summed E-state index contributed by atoms with van der Waals surface area (Å²) in [6.07, 6.45) is 14.7. The molecule has 8 nitrogen and oxygen atoms in total. The second-order valence-electron chi connectivity index (χ2n) is 7.65. The molecule has 30 heavy (non-hydrogen) atoms. The van der Waals surface area contributed by atoms with E-state index in [-0.39, 0.29) is 28.1 Å². The predicted octanol–water partition coefficient (Wildman–Crippen LogP) is 6.51. The highest BCUT2D eigenvalue weighted by atomic mass is 16.6. The summed E-state index contributed by atoms with van der Waals surface area (Å²) < 4.78 is 10.5. The van der Waals surface area contributed by atoms with Crippen molar-refractivity contribution in [2.24, 2.45) is 0 Å². The molecule has 2 rings (SSSR count). The molecule has 0 aliphatic carbocycles. The van der Waals surface area contributed by atoms with Crippen molar-refractivity contribution in [3.8, 4) is 5.75 Å². The van der Waals surface area contributed by atoms with Crippen LogP contribution < -0.4 is 4.74 Å². The van der Waals surface area contributed by atoms with Gasteiger partial charge >= 0.3 is 11.7 Å². The number of rotatable bonds is 16. The van der Waals surface area contributed by atoms with Crippen LogP contribution >= 0.6 is 0 Å². The number of carboxylic acid groups (broad SMARTS) is 1. The van der Waals surface area contributed by atoms with Gasteiger partial charge in [0.2, 0.25) is 0 Å². The molecule has 166 valence electrons. The number of ether oxygens (including phenoxy) is 1. The largest absolute Gasteiger partial charge is 0.487 e. The smallest absolute Gasteiger partial charge is 0.358 e. The van der Waals surface area contributed by atoms with E-state index in [1.807, 2.05) is 0 Å². The van der Waals surface area contributed by atoms with Gasteiger partial charge in [0.25, 0.3) is 0 Å². The zero-order valence-electron chi connectivity index (χ0n) is 17.7. The molecular weight excluding hydrogens is 388 g/mol. The molecule has 0 aliphatic rings. The number of aromatic nitrogens is 1. The van der Waals surface area contributed by atoms with Gasteiger partial charge in [-0.15, -0.1) is 0 Å². The fraction of sp³-hybridized carbons (Fsp3) is 0.636. The van der Waals surface area contributed by atoms with Gasteiger partial charge in [0.05, 0.1) is 23.0 Å². The zero-order valence-corrected chi connectivity index (χ0v) is 17.7. The van der Waals surface area contributed by atoms with Crippen molar-refractivity contribution in [3.63, 3.8) is 0 Å². The lowest BCUT2D eigenvalue weighted by Gasteiger charge is -2.07. The van der Waals surface area contributed by atoms with Gasteiger partial charge in [-0.2, -0.15) is 0 Å². The molecule has 0 radical (unpaired) electrons. The van der Waals surface area contributed by atoms with Crippen molar-refractivity contribution < 1.29 is 24.1 Å². The summed E-state index contributed by atoms with van der Waals surface area (Å²) in [5.41, 5.74) is -0.485. The molecule has 0 fully saturated rings. The lowest BCUT2D eigenvalue weighted by atomic mass is 10.1. The van der Waals surface area contributed by atoms with Crippen LogP contribution in [0.2, 0.25) is 0 Å². The number of hydrogen-bond donors (Lipinski definition) is 1. The van der Waals surface area contributed by atoms with Gasteiger partial charge < -0.3 is 14.4 Å². The van der Waals surface area contributed by atoms with Crippen LogP contribution in [0.15, 0.2) is 16.7 Å². The maximum absolute atomic E-state index is 11.3. The number of benzene rings is 1. The van der Waals surface area contributed by atoms with E-state index >= 15 is 0 Å². The molecule has 0 amide bonds. The number of carbonyl (C=O) groups is 1. The van der Waals surface area contributed by atoms with E-state index in [1.165, 1.54) is 63.9 Å². The van der Waals surface area contributed by atoms with Crippen molar-refractivity contribution in [1.29, 1.82) is 0 Å². The molecule has 0 atom stereocenters. The van der Waals surface area contributed by atoms with Crippen LogP contribution in [0, 0.1) is 10.1 Å². The predicted molar refractivity (Wildman–Crippen MR) is 114 cm³/mol. The summed E-state index contributed by atoms with van der Waals surface area (Å²) in [6.45, 7) is 2.58. The highest BCUT2D eigenvalue weighted by Crippen LogP contribution is 2.34. The fourth-order valence-corrected chi connectivity index (χ4v) is 3.49. The molecule has 0 saturated heterocycles. The molecule has 1 aromatic carbocycles. The van der Waals surface area contributed by atoms with Crippen molar-refractivity contribution in [1.82, 2.24) is 5.16 Å². The Morgan fingerprint density at radius 3 is 2.13 bits per heavy atom. The Morgan fingerprint density at radius 2 is 1.60 bits per heavy atom. The van der Waals surface area contributed by atoms with E-state index < -0.39 is 10.9 Å². The Hall–Kier alpha value is -2.64. The van der Waals surface area contributed by atoms with E-state index in [1.54, 1.807) is 0 Å². The number of aromatic carboxylic acids is 1. The lowest BCUT2D eigenvalue weighted by Crippen LogP contribution is -2.02. The Balaban J connectivity index is 1.69. The summed E-state index contributed by atoms with van der Waals surface area (Å²) in [5.74, 6) is -1.21. The molecule has 0 spiro atoms. The SMILES string of the molecule is CCCCCCCCCCCCCCOc1cc2c(C(=O)O)noc2cc1[N+](=O)[O-]. The third-order valence-corrected chi connectivity index (χ3v) is 5.21. The third kappa shape index (κ3) is 7.31. The maximum atomic E-state index is 11.3. The van der Waals surface area contributed by atoms with Gasteiger partial charge in [0, 0.05) is 6.07 Å². The second kappa shape index (κ2) is 12.8. The van der Waals surface area contributed by atoms with E-state index in [4.69, 9.17) is 14.4 Å². The topological polar surface area (TPSA) is 116 Å². The summed E-state index contributed by atoms with van der Waals surface area (Å²) >= 11 is 0. The highest BCUT2D eigenvalue weighted by Gasteiger charge is 2.23. The minimum Gasteiger partial charge on any atom is -0.487 e. The molecule has 0 saturated carbocycles. The molecule has 0 unspecified atom stereocenters. The average Bonchev–Trinajstić information content (AvgIpc) is 3.14. The van der Waals surface area contributed by atoms with E-state index in [0.717, 1.165) is 25.3 Å². The number of hydrogen-bond acceptors (Lipinski definition) is 6. The standard InChI is InChI=1S/C22H32N2O6/c1-2-3-4-5-6-7-8-9-10-11-12-13-14-29-20-15-17-19(16-18(20)24(27)28)30-23-21(17)22(25)26/h15-16H,2-14H2,1H3,(H,25,26). The van der Waals surface area contributed by atoms with Gasteiger partial charge in [-0.05, 0) is 6.42 Å². The molecule has 1 aromatic heterocycles. The summed E-state index contributed by atoms with van der Waals surface area (Å²) in [4.78, 5) is 21.9. The van der Waals surface area contributed by atoms with Crippen LogP contribution in [0.3, 0.4) is 0 Å². The molecular formula is C22H32N2O6. The number of nitro benzene ring substituents is 1. The summed E-state index contributed by atoms with van der Waals surface area (Å²) in [5, 5.41) is 24.1. The summed E-state index contributed by atoms with van der Waals surface area (Å²) in [6, 6.07) is 2.49. The van der Waals surface area contributed by atoms with Gasteiger partial charge in [-0.25, -0.2) is 4.79 Å². The lowest BCUT2D eigenvalue weighted by molar-refractivity contribution is -0.385. The van der Waals surface area contributed by atoms with E-state index in [9.17, 15) is 14.9 Å². The minimum atomic E-state index is -1.26. The Kier molecular flexibility index (Phi) is 10.1. The Labute approximate surface area is 176 Å². The second-order valence-corrected chi connectivity index (χ2v) is 7.65. The number of nitro groups is 1. The maximum Gasteiger partial charge on any atom is 0.358 e. The number of fused-ring (bicyclic) bond motifs is 1. The van der Waals surface area contributed by atoms with E-state index in [2.05, 4.69) is 12.1 Å². The van der Waals surface area contributed by atoms with E-state index in [0.29, 0.717) is 6.61 Å². The van der Waals surface area contributed by atoms with Crippen molar-refractivity contribution in [2.45, 2.75) is 84.0 Å². The number of unbranched alkanes of at least 4 members (excludes halogenated alkanes) is 11. The minimum absolute atomic E-state index is 0.0428. The zero-order chi connectivity index (χ0) is 21.8. The molecule has 0 aliphatic heterocycles. The van der Waals surface area contributed by atoms with Gasteiger partial charge in [0.1, 0.15) is 0 Å². The van der Waals surface area contributed by atoms with Crippen molar-refractivity contribution >= 4 is 22.6 Å². The third-order valence-electron chi connectivity index (χ3n) is 5.21. The molecule has 0 bridgehead atoms. The first-order valence-corrected chi connectivity index (χ1v) is 11.0. The van der Waals surface area contributed by atoms with Crippen molar-refractivity contribution in [2.75, 3.05) is 6.61 Å². The van der Waals surface area contributed by atoms with Gasteiger partial charge in [0.15, 0.2) is 17.0 Å². The highest BCUT2D eigenvalue weighted by molar-refractivity contribution is 6.01. The van der Waals surface area contributed by atoms with Crippen LogP contribution in [0.4, 0.5) is 5.69 Å². The fourth-order valence-electron chi connectivity index (χ4n) is 3.49. The Bertz CT molecular complexity index is 817. The van der Waals surface area contributed by atoms with Gasteiger partial charge in [-0.1, -0.05) is 82.7 Å². The number of carboxylic acids is 1. The first kappa shape index (κ1) is 23.6. The van der Waals surface area contributed by atoms with Crippen LogP contribution in [0.25, 0.3) is 11.0 Å². The number of nitrogens with zero attached hydrogens (tertiary/aromatic N) is 2. The Morgan fingerprint density at radius 1 is 1.03 bits per heavy atom. The molecule has 1 N–H and O–H groups in total. The van der Waals surface area contributed by atoms with Crippen LogP contribution in [0.1, 0.15) is 94.5 Å². The van der Waals surface area contributed by atoms with Crippen LogP contribution in [-0.2, 0) is 0 Å². The molecule has 1 heterocycles. The average molecular weight is 421 g/mol. The normalized spacial score (nSPS) is 11.1.